The molecule has 0 heterocycles. The number of nitro groups is 1. The molecule has 1 amide bonds. The van der Waals surface area contributed by atoms with Gasteiger partial charge in [-0.15, -0.1) is 0 Å². The van der Waals surface area contributed by atoms with Crippen molar-refractivity contribution in [1.82, 2.24) is 5.32 Å². The zero-order valence-corrected chi connectivity index (χ0v) is 14.8. The van der Waals surface area contributed by atoms with Crippen LogP contribution in [0.25, 0.3) is 0 Å². The highest BCUT2D eigenvalue weighted by Crippen LogP contribution is 2.28. The largest absolute Gasteiger partial charge is 0.493 e. The first-order valence-electron chi connectivity index (χ1n) is 7.81. The zero-order valence-electron chi connectivity index (χ0n) is 14.8. The van der Waals surface area contributed by atoms with Gasteiger partial charge in [-0.3, -0.25) is 14.9 Å². The van der Waals surface area contributed by atoms with Crippen LogP contribution >= 0.6 is 0 Å². The summed E-state index contributed by atoms with van der Waals surface area (Å²) in [5.41, 5.74) is 0.911. The fourth-order valence-corrected chi connectivity index (χ4v) is 2.43. The Hall–Kier alpha value is -3.29. The van der Waals surface area contributed by atoms with E-state index in [-0.39, 0.29) is 17.0 Å². The quantitative estimate of drug-likeness (QED) is 0.574. The van der Waals surface area contributed by atoms with Crippen LogP contribution in [0.4, 0.5) is 5.69 Å². The molecule has 0 saturated carbocycles. The number of amides is 1. The second kappa shape index (κ2) is 8.70. The summed E-state index contributed by atoms with van der Waals surface area (Å²) in [5, 5.41) is 13.8. The minimum Gasteiger partial charge on any atom is -0.493 e. The molecular formula is C18H20N2O6. The highest BCUT2D eigenvalue weighted by atomic mass is 16.6. The maximum atomic E-state index is 12.2. The van der Waals surface area contributed by atoms with E-state index in [0.29, 0.717) is 24.5 Å². The van der Waals surface area contributed by atoms with Crippen LogP contribution in [-0.2, 0) is 6.42 Å². The van der Waals surface area contributed by atoms with E-state index in [9.17, 15) is 14.9 Å². The first-order valence-corrected chi connectivity index (χ1v) is 7.81. The third-order valence-corrected chi connectivity index (χ3v) is 3.78. The van der Waals surface area contributed by atoms with E-state index >= 15 is 0 Å². The van der Waals surface area contributed by atoms with Crippen molar-refractivity contribution < 1.29 is 23.9 Å². The molecule has 26 heavy (non-hydrogen) atoms. The van der Waals surface area contributed by atoms with Crippen LogP contribution in [0.2, 0.25) is 0 Å². The van der Waals surface area contributed by atoms with Gasteiger partial charge < -0.3 is 19.5 Å². The van der Waals surface area contributed by atoms with Gasteiger partial charge in [0.25, 0.3) is 5.91 Å². The molecule has 0 saturated heterocycles. The molecule has 8 heteroatoms. The van der Waals surface area contributed by atoms with Crippen molar-refractivity contribution in [2.24, 2.45) is 0 Å². The predicted molar refractivity (Wildman–Crippen MR) is 95.2 cm³/mol. The summed E-state index contributed by atoms with van der Waals surface area (Å²) in [6.07, 6.45) is 0.574. The Morgan fingerprint density at radius 1 is 1.00 bits per heavy atom. The van der Waals surface area contributed by atoms with Crippen LogP contribution in [0.15, 0.2) is 36.4 Å². The number of rotatable bonds is 8. The number of benzene rings is 2. The van der Waals surface area contributed by atoms with Crippen molar-refractivity contribution in [3.8, 4) is 17.2 Å². The Labute approximate surface area is 150 Å². The van der Waals surface area contributed by atoms with Crippen molar-refractivity contribution in [2.45, 2.75) is 6.42 Å². The van der Waals surface area contributed by atoms with Gasteiger partial charge in [-0.2, -0.15) is 0 Å². The van der Waals surface area contributed by atoms with Crippen LogP contribution in [0, 0.1) is 10.1 Å². The van der Waals surface area contributed by atoms with Gasteiger partial charge in [0.05, 0.1) is 26.3 Å². The third-order valence-electron chi connectivity index (χ3n) is 3.78. The Bertz CT molecular complexity index is 806. The Kier molecular flexibility index (Phi) is 6.37. The molecule has 2 aromatic rings. The second-order valence-electron chi connectivity index (χ2n) is 5.34. The SMILES string of the molecule is COc1ccc(CCNC(=O)c2ccc(OC)c([N+](=O)[O-])c2)cc1OC. The fraction of sp³-hybridized carbons (Fsp3) is 0.278. The summed E-state index contributed by atoms with van der Waals surface area (Å²) in [6, 6.07) is 9.60. The van der Waals surface area contributed by atoms with E-state index in [2.05, 4.69) is 5.32 Å². The molecule has 1 N–H and O–H groups in total. The first kappa shape index (κ1) is 19.0. The van der Waals surface area contributed by atoms with Gasteiger partial charge >= 0.3 is 5.69 Å². The third kappa shape index (κ3) is 4.41. The molecule has 0 atom stereocenters. The molecule has 0 aromatic heterocycles. The molecule has 0 bridgehead atoms. The van der Waals surface area contributed by atoms with Crippen molar-refractivity contribution >= 4 is 11.6 Å². The van der Waals surface area contributed by atoms with Gasteiger partial charge in [0.2, 0.25) is 0 Å². The number of ether oxygens (including phenoxy) is 3. The number of hydrogen-bond acceptors (Lipinski definition) is 6. The molecule has 0 radical (unpaired) electrons. The summed E-state index contributed by atoms with van der Waals surface area (Å²) in [4.78, 5) is 22.7. The molecule has 0 aliphatic rings. The Morgan fingerprint density at radius 3 is 2.27 bits per heavy atom. The van der Waals surface area contributed by atoms with Crippen molar-refractivity contribution in [2.75, 3.05) is 27.9 Å². The Balaban J connectivity index is 2.01. The van der Waals surface area contributed by atoms with Crippen LogP contribution in [-0.4, -0.2) is 38.7 Å². The molecule has 2 aromatic carbocycles. The van der Waals surface area contributed by atoms with Gasteiger partial charge in [-0.25, -0.2) is 0 Å². The number of nitrogens with zero attached hydrogens (tertiary/aromatic N) is 1. The maximum Gasteiger partial charge on any atom is 0.311 e. The smallest absolute Gasteiger partial charge is 0.311 e. The van der Waals surface area contributed by atoms with E-state index in [1.54, 1.807) is 20.3 Å². The minimum atomic E-state index is -0.584. The molecule has 8 nitrogen and oxygen atoms in total. The molecule has 0 spiro atoms. The second-order valence-corrected chi connectivity index (χ2v) is 5.34. The van der Waals surface area contributed by atoms with E-state index in [4.69, 9.17) is 14.2 Å². The van der Waals surface area contributed by atoms with E-state index in [0.717, 1.165) is 5.56 Å². The van der Waals surface area contributed by atoms with Crippen molar-refractivity contribution in [1.29, 1.82) is 0 Å². The number of carbonyl (C=O) groups is 1. The number of nitro benzene ring substituents is 1. The predicted octanol–water partition coefficient (Wildman–Crippen LogP) is 2.59. The van der Waals surface area contributed by atoms with Crippen LogP contribution in [0.5, 0.6) is 17.2 Å². The standard InChI is InChI=1S/C18H20N2O6/c1-24-15-7-5-13(11-14(15)20(22)23)18(21)19-9-8-12-4-6-16(25-2)17(10-12)26-3/h4-7,10-11H,8-9H2,1-3H3,(H,19,21). The number of nitrogens with one attached hydrogen (secondary N) is 1. The van der Waals surface area contributed by atoms with Gasteiger partial charge in [0.1, 0.15) is 0 Å². The normalized spacial score (nSPS) is 10.1. The molecule has 0 aliphatic heterocycles. The first-order chi connectivity index (χ1) is 12.5. The molecule has 138 valence electrons. The molecule has 0 unspecified atom stereocenters. The summed E-state index contributed by atoms with van der Waals surface area (Å²) >= 11 is 0. The minimum absolute atomic E-state index is 0.108. The lowest BCUT2D eigenvalue weighted by Crippen LogP contribution is -2.25. The maximum absolute atomic E-state index is 12.2. The van der Waals surface area contributed by atoms with Gasteiger partial charge in [-0.1, -0.05) is 6.07 Å². The lowest BCUT2D eigenvalue weighted by Gasteiger charge is -2.10. The summed E-state index contributed by atoms with van der Waals surface area (Å²) < 4.78 is 15.3. The fourth-order valence-electron chi connectivity index (χ4n) is 2.43. The average Bonchev–Trinajstić information content (AvgIpc) is 2.66. The van der Waals surface area contributed by atoms with Gasteiger partial charge in [-0.05, 0) is 36.2 Å². The van der Waals surface area contributed by atoms with E-state index < -0.39 is 10.8 Å². The highest BCUT2D eigenvalue weighted by Gasteiger charge is 2.18. The average molecular weight is 360 g/mol. The number of hydrogen-bond donors (Lipinski definition) is 1. The monoisotopic (exact) mass is 360 g/mol. The van der Waals surface area contributed by atoms with Gasteiger partial charge in [0, 0.05) is 18.2 Å². The lowest BCUT2D eigenvalue weighted by molar-refractivity contribution is -0.385. The Morgan fingerprint density at radius 2 is 1.65 bits per heavy atom. The lowest BCUT2D eigenvalue weighted by atomic mass is 10.1. The van der Waals surface area contributed by atoms with Crippen molar-refractivity contribution in [3.63, 3.8) is 0 Å². The van der Waals surface area contributed by atoms with Crippen molar-refractivity contribution in [3.05, 3.63) is 57.6 Å². The molecule has 0 fully saturated rings. The number of carbonyl (C=O) groups excluding carboxylic acids is 1. The van der Waals surface area contributed by atoms with Crippen LogP contribution in [0.3, 0.4) is 0 Å². The molecule has 2 rings (SSSR count). The van der Waals surface area contributed by atoms with E-state index in [1.165, 1.54) is 25.3 Å². The molecular weight excluding hydrogens is 340 g/mol. The van der Waals surface area contributed by atoms with Gasteiger partial charge in [0.15, 0.2) is 17.2 Å². The van der Waals surface area contributed by atoms with Crippen LogP contribution in [0.1, 0.15) is 15.9 Å². The number of methoxy groups -OCH3 is 3. The summed E-state index contributed by atoms with van der Waals surface area (Å²) in [5.74, 6) is 0.959. The van der Waals surface area contributed by atoms with E-state index in [1.807, 2.05) is 12.1 Å². The zero-order chi connectivity index (χ0) is 19.1. The van der Waals surface area contributed by atoms with Crippen LogP contribution < -0.4 is 19.5 Å². The highest BCUT2D eigenvalue weighted by molar-refractivity contribution is 5.95. The topological polar surface area (TPSA) is 99.9 Å². The summed E-state index contributed by atoms with van der Waals surface area (Å²) in [7, 11) is 4.46. The molecule has 0 aliphatic carbocycles. The summed E-state index contributed by atoms with van der Waals surface area (Å²) in [6.45, 7) is 0.369.